The monoisotopic (exact) mass is 404 g/mol. The minimum atomic E-state index is -0.351. The third-order valence-electron chi connectivity index (χ3n) is 7.70. The molecule has 6 nitrogen and oxygen atoms in total. The highest BCUT2D eigenvalue weighted by Gasteiger charge is 2.57. The molecule has 156 valence electrons. The molecule has 30 heavy (non-hydrogen) atoms. The van der Waals surface area contributed by atoms with Crippen LogP contribution >= 0.6 is 0 Å². The van der Waals surface area contributed by atoms with Crippen LogP contribution in [0.3, 0.4) is 0 Å². The predicted octanol–water partition coefficient (Wildman–Crippen LogP) is 4.28. The molecule has 1 N–H and O–H groups in total. The molecule has 7 rings (SSSR count). The topological polar surface area (TPSA) is 73.6 Å². The Morgan fingerprint density at radius 3 is 2.07 bits per heavy atom. The summed E-state index contributed by atoms with van der Waals surface area (Å²) in [5.41, 5.74) is 5.50. The lowest BCUT2D eigenvalue weighted by Crippen LogP contribution is -2.59. The summed E-state index contributed by atoms with van der Waals surface area (Å²) in [7, 11) is 0. The molecule has 6 aliphatic rings. The quantitative estimate of drug-likeness (QED) is 0.588. The van der Waals surface area contributed by atoms with E-state index >= 15 is 0 Å². The van der Waals surface area contributed by atoms with E-state index in [1.807, 2.05) is 18.2 Å². The van der Waals surface area contributed by atoms with Crippen molar-refractivity contribution in [1.82, 2.24) is 10.4 Å². The van der Waals surface area contributed by atoms with Gasteiger partial charge in [-0.05, 0) is 68.4 Å². The molecule has 5 fully saturated rings. The van der Waals surface area contributed by atoms with E-state index in [1.165, 1.54) is 38.5 Å². The minimum Gasteiger partial charge on any atom is -0.612 e. The number of benzene rings is 1. The fourth-order valence-corrected chi connectivity index (χ4v) is 6.95. The molecule has 0 aromatic heterocycles. The zero-order valence-corrected chi connectivity index (χ0v) is 16.9. The van der Waals surface area contributed by atoms with Crippen LogP contribution in [0.25, 0.3) is 0 Å². The zero-order valence-electron chi connectivity index (χ0n) is 16.9. The third-order valence-corrected chi connectivity index (χ3v) is 7.70. The summed E-state index contributed by atoms with van der Waals surface area (Å²) in [5.74, 6) is 3.38. The number of hydroxylamine groups is 1. The van der Waals surface area contributed by atoms with Crippen molar-refractivity contribution >= 4 is 5.71 Å². The summed E-state index contributed by atoms with van der Waals surface area (Å²) in [4.78, 5) is 8.33. The maximum absolute atomic E-state index is 11.1. The van der Waals surface area contributed by atoms with Crippen molar-refractivity contribution < 1.29 is 9.74 Å². The van der Waals surface area contributed by atoms with Gasteiger partial charge in [0.1, 0.15) is 5.82 Å². The van der Waals surface area contributed by atoms with Crippen LogP contribution in [-0.4, -0.2) is 21.1 Å². The van der Waals surface area contributed by atoms with Crippen molar-refractivity contribution in [3.8, 4) is 0 Å². The van der Waals surface area contributed by atoms with Crippen LogP contribution in [0.5, 0.6) is 0 Å². The first-order valence-corrected chi connectivity index (χ1v) is 11.0. The maximum Gasteiger partial charge on any atom is 0.222 e. The molecule has 4 saturated carbocycles. The van der Waals surface area contributed by atoms with Gasteiger partial charge in [-0.15, -0.1) is 0 Å². The lowest BCUT2D eigenvalue weighted by molar-refractivity contribution is -0.377. The summed E-state index contributed by atoms with van der Waals surface area (Å²) in [6.07, 6.45) is 14.4. The summed E-state index contributed by atoms with van der Waals surface area (Å²) < 4.78 is 0. The highest BCUT2D eigenvalue weighted by atomic mass is 16.8. The normalized spacial score (nSPS) is 36.5. The van der Waals surface area contributed by atoms with E-state index in [0.29, 0.717) is 0 Å². The molecular weight excluding hydrogens is 378 g/mol. The Labute approximate surface area is 176 Å². The molecule has 4 bridgehead atoms. The summed E-state index contributed by atoms with van der Waals surface area (Å²) in [6, 6.07) is 10.4. The molecule has 5 aliphatic carbocycles. The van der Waals surface area contributed by atoms with E-state index < -0.39 is 0 Å². The average Bonchev–Trinajstić information content (AvgIpc) is 3.20. The molecule has 1 atom stereocenters. The van der Waals surface area contributed by atoms with Gasteiger partial charge in [-0.2, -0.15) is 4.90 Å². The predicted molar refractivity (Wildman–Crippen MR) is 113 cm³/mol. The molecular formula is C24H26N3O3-. The Morgan fingerprint density at radius 1 is 0.900 bits per heavy atom. The van der Waals surface area contributed by atoms with E-state index in [9.17, 15) is 10.4 Å². The first kappa shape index (κ1) is 18.1. The molecule has 0 spiro atoms. The Balaban J connectivity index is 1.45. The van der Waals surface area contributed by atoms with Crippen molar-refractivity contribution in [2.24, 2.45) is 17.8 Å². The second-order valence-corrected chi connectivity index (χ2v) is 9.65. The van der Waals surface area contributed by atoms with Gasteiger partial charge in [0, 0.05) is 28.8 Å². The number of hydrogen-bond donors (Lipinski definition) is 1. The van der Waals surface area contributed by atoms with Crippen LogP contribution in [-0.2, 0) is 4.84 Å². The van der Waals surface area contributed by atoms with Crippen molar-refractivity contribution in [3.05, 3.63) is 82.0 Å². The van der Waals surface area contributed by atoms with Gasteiger partial charge in [-0.3, -0.25) is 0 Å². The van der Waals surface area contributed by atoms with Gasteiger partial charge in [0.25, 0.3) is 0 Å². The molecule has 1 heterocycles. The van der Waals surface area contributed by atoms with Crippen LogP contribution < -0.4 is 5.48 Å². The van der Waals surface area contributed by atoms with Crippen molar-refractivity contribution in [1.29, 1.82) is 0 Å². The molecule has 0 radical (unpaired) electrons. The van der Waals surface area contributed by atoms with Crippen molar-refractivity contribution in [2.75, 3.05) is 0 Å². The minimum absolute atomic E-state index is 0.0931. The fraction of sp³-hybridized carbons (Fsp3) is 0.458. The van der Waals surface area contributed by atoms with Gasteiger partial charge >= 0.3 is 0 Å². The number of nitrogens with one attached hydrogen (secondary N) is 1. The van der Waals surface area contributed by atoms with E-state index in [1.54, 1.807) is 12.2 Å². The Bertz CT molecular complexity index is 921. The molecule has 1 aliphatic heterocycles. The van der Waals surface area contributed by atoms with Gasteiger partial charge in [0.05, 0.1) is 0 Å². The summed E-state index contributed by atoms with van der Waals surface area (Å²) in [6.45, 7) is 0. The first-order valence-electron chi connectivity index (χ1n) is 11.0. The standard InChI is InChI=1S/C24H26N3O3/c28-27(29)21-8-6-19(7-9-21)22-25-30-23(20-4-2-1-3-5-20)26(22)24-13-16-10-17(14-24)12-18(11-16)15-24/h1-9,16-18,23,25H,10-15H2/q-1. The molecule has 1 aromatic carbocycles. The zero-order chi connectivity index (χ0) is 20.3. The van der Waals surface area contributed by atoms with Crippen molar-refractivity contribution in [3.63, 3.8) is 0 Å². The molecule has 1 unspecified atom stereocenters. The van der Waals surface area contributed by atoms with Gasteiger partial charge in [0.2, 0.25) is 5.71 Å². The Morgan fingerprint density at radius 2 is 1.50 bits per heavy atom. The van der Waals surface area contributed by atoms with Crippen LogP contribution in [0.15, 0.2) is 66.0 Å². The van der Waals surface area contributed by atoms with Gasteiger partial charge in [0.15, 0.2) is 6.23 Å². The highest BCUT2D eigenvalue weighted by molar-refractivity contribution is 6.02. The van der Waals surface area contributed by atoms with Crippen LogP contribution in [0.4, 0.5) is 0 Å². The highest BCUT2D eigenvalue weighted by Crippen LogP contribution is 2.60. The van der Waals surface area contributed by atoms with Crippen LogP contribution in [0.2, 0.25) is 0 Å². The lowest BCUT2D eigenvalue weighted by atomic mass is 9.52. The van der Waals surface area contributed by atoms with E-state index in [2.05, 4.69) is 34.6 Å². The van der Waals surface area contributed by atoms with Crippen molar-refractivity contribution in [2.45, 2.75) is 50.3 Å². The van der Waals surface area contributed by atoms with Crippen LogP contribution in [0.1, 0.15) is 50.3 Å². The Hall–Kier alpha value is -2.73. The fourth-order valence-electron chi connectivity index (χ4n) is 6.95. The van der Waals surface area contributed by atoms with E-state index in [0.717, 1.165) is 34.7 Å². The van der Waals surface area contributed by atoms with Crippen LogP contribution in [0, 0.1) is 28.2 Å². The SMILES string of the molecule is [O-][N+]([O-])=C1C=CC(=C2NOC(c3ccccc3)N2C23CC4CC(CC(C4)C2)C3)C=C1. The largest absolute Gasteiger partial charge is 0.612 e. The summed E-state index contributed by atoms with van der Waals surface area (Å²) in [5, 5.41) is 22.2. The number of hydrogen-bond acceptors (Lipinski definition) is 5. The molecule has 1 saturated heterocycles. The second kappa shape index (κ2) is 6.64. The lowest BCUT2D eigenvalue weighted by Gasteiger charge is -2.60. The second-order valence-electron chi connectivity index (χ2n) is 9.65. The Kier molecular flexibility index (Phi) is 4.00. The van der Waals surface area contributed by atoms with Gasteiger partial charge in [-0.25, -0.2) is 10.3 Å². The number of rotatable bonds is 2. The van der Waals surface area contributed by atoms with E-state index in [-0.39, 0.29) is 22.4 Å². The number of nitrogens with zero attached hydrogens (tertiary/aromatic N) is 2. The molecule has 0 amide bonds. The van der Waals surface area contributed by atoms with E-state index in [4.69, 9.17) is 4.84 Å². The third kappa shape index (κ3) is 2.77. The van der Waals surface area contributed by atoms with Gasteiger partial charge < -0.3 is 15.3 Å². The number of allylic oxidation sites excluding steroid dienone is 5. The maximum atomic E-state index is 11.1. The molecule has 1 aromatic rings. The van der Waals surface area contributed by atoms with Gasteiger partial charge in [-0.1, -0.05) is 30.3 Å². The molecule has 6 heteroatoms. The smallest absolute Gasteiger partial charge is 0.222 e. The average molecular weight is 404 g/mol. The first-order chi connectivity index (χ1) is 14.6. The summed E-state index contributed by atoms with van der Waals surface area (Å²) >= 11 is 0.